The Balaban J connectivity index is 1.34. The van der Waals surface area contributed by atoms with Gasteiger partial charge in [-0.2, -0.15) is 0 Å². The number of aromatic nitrogens is 2. The fraction of sp³-hybridized carbons (Fsp3) is 0.182. The van der Waals surface area contributed by atoms with E-state index in [9.17, 15) is 4.79 Å². The third-order valence-corrected chi connectivity index (χ3v) is 6.79. The molecule has 41 heavy (non-hydrogen) atoms. The Labute approximate surface area is 239 Å². The first-order valence-electron chi connectivity index (χ1n) is 13.9. The van der Waals surface area contributed by atoms with Crippen LogP contribution in [-0.4, -0.2) is 15.0 Å². The fourth-order valence-corrected chi connectivity index (χ4v) is 4.77. The number of rotatable bonds is 8. The van der Waals surface area contributed by atoms with Gasteiger partial charge in [-0.25, -0.2) is 9.98 Å². The molecule has 2 aromatic heterocycles. The molecule has 208 valence electrons. The number of nitrogens with one attached hydrogen (secondary N) is 1. The molecule has 0 aliphatic heterocycles. The van der Waals surface area contributed by atoms with Gasteiger partial charge in [-0.15, -0.1) is 0 Å². The summed E-state index contributed by atoms with van der Waals surface area (Å²) in [5.74, 6) is -0.326. The summed E-state index contributed by atoms with van der Waals surface area (Å²) in [6.07, 6.45) is 8.17. The van der Waals surface area contributed by atoms with Crippen molar-refractivity contribution < 1.29 is 4.79 Å². The van der Waals surface area contributed by atoms with E-state index >= 15 is 0 Å². The summed E-state index contributed by atoms with van der Waals surface area (Å²) < 4.78 is 4.34. The monoisotopic (exact) mass is 545 g/mol. The Morgan fingerprint density at radius 2 is 1.59 bits per heavy atom. The molecule has 2 heterocycles. The molecule has 0 bridgehead atoms. The summed E-state index contributed by atoms with van der Waals surface area (Å²) in [5, 5.41) is 5.60. The number of fused-ring (bicyclic) bond motifs is 1. The second-order valence-corrected chi connectivity index (χ2v) is 9.93. The lowest BCUT2D eigenvalue weighted by Crippen LogP contribution is -2.14. The van der Waals surface area contributed by atoms with E-state index in [1.807, 2.05) is 42.7 Å². The molecule has 3 aromatic carbocycles. The van der Waals surface area contributed by atoms with E-state index in [0.29, 0.717) is 34.0 Å². The first kappa shape index (κ1) is 27.5. The van der Waals surface area contributed by atoms with Gasteiger partial charge in [0, 0.05) is 48.4 Å². The SMILES string of the molecule is CCCn1ccc(=Nc2ccc(NC(=O)c3ccc(N=c4ccn(CCC)c5ccccc45)cc3N)cc2N)cc1. The Hall–Kier alpha value is -5.11. The molecule has 0 atom stereocenters. The minimum Gasteiger partial charge on any atom is -0.398 e. The highest BCUT2D eigenvalue weighted by Crippen LogP contribution is 2.27. The zero-order valence-corrected chi connectivity index (χ0v) is 23.4. The van der Waals surface area contributed by atoms with Crippen molar-refractivity contribution in [3.63, 3.8) is 0 Å². The van der Waals surface area contributed by atoms with E-state index in [1.165, 1.54) is 0 Å². The molecule has 0 radical (unpaired) electrons. The number of aryl methyl sites for hydroxylation is 2. The minimum atomic E-state index is -0.326. The maximum Gasteiger partial charge on any atom is 0.257 e. The molecule has 0 aliphatic rings. The van der Waals surface area contributed by atoms with Crippen molar-refractivity contribution >= 4 is 45.2 Å². The van der Waals surface area contributed by atoms with E-state index < -0.39 is 0 Å². The highest BCUT2D eigenvalue weighted by atomic mass is 16.1. The van der Waals surface area contributed by atoms with Gasteiger partial charge in [0.1, 0.15) is 0 Å². The predicted molar refractivity (Wildman–Crippen MR) is 167 cm³/mol. The summed E-state index contributed by atoms with van der Waals surface area (Å²) >= 11 is 0. The van der Waals surface area contributed by atoms with Gasteiger partial charge in [0.05, 0.1) is 38.9 Å². The van der Waals surface area contributed by atoms with E-state index in [4.69, 9.17) is 16.5 Å². The first-order valence-corrected chi connectivity index (χ1v) is 13.9. The van der Waals surface area contributed by atoms with Crippen LogP contribution in [-0.2, 0) is 13.1 Å². The van der Waals surface area contributed by atoms with Crippen molar-refractivity contribution in [2.24, 2.45) is 9.98 Å². The van der Waals surface area contributed by atoms with Crippen molar-refractivity contribution in [3.05, 3.63) is 114 Å². The van der Waals surface area contributed by atoms with E-state index in [-0.39, 0.29) is 5.91 Å². The van der Waals surface area contributed by atoms with Crippen LogP contribution in [0.3, 0.4) is 0 Å². The van der Waals surface area contributed by atoms with Crippen LogP contribution in [0.4, 0.5) is 28.4 Å². The van der Waals surface area contributed by atoms with Crippen molar-refractivity contribution in [2.75, 3.05) is 16.8 Å². The molecule has 5 rings (SSSR count). The third-order valence-electron chi connectivity index (χ3n) is 6.79. The number of hydrogen-bond acceptors (Lipinski definition) is 5. The molecule has 5 aromatic rings. The molecular weight excluding hydrogens is 510 g/mol. The van der Waals surface area contributed by atoms with Crippen molar-refractivity contribution in [3.8, 4) is 0 Å². The molecule has 0 saturated carbocycles. The standard InChI is InChI=1S/C33H35N7O/c1-3-16-39-18-13-23(14-19-39)36-31-12-10-25(22-29(31)35)38-33(41)26-11-9-24(21-28(26)34)37-30-15-20-40(17-4-2)32-8-6-5-7-27(30)32/h5-15,18-22H,3-4,16-17,34-35H2,1-2H3,(H,38,41). The van der Waals surface area contributed by atoms with Gasteiger partial charge in [0.2, 0.25) is 0 Å². The number of carbonyl (C=O) groups is 1. The number of amides is 1. The van der Waals surface area contributed by atoms with E-state index in [0.717, 1.165) is 47.5 Å². The normalized spacial score (nSPS) is 11.5. The zero-order valence-electron chi connectivity index (χ0n) is 23.4. The summed E-state index contributed by atoms with van der Waals surface area (Å²) in [7, 11) is 0. The van der Waals surface area contributed by atoms with Gasteiger partial charge < -0.3 is 25.9 Å². The van der Waals surface area contributed by atoms with Crippen LogP contribution in [0.5, 0.6) is 0 Å². The molecule has 0 saturated heterocycles. The Morgan fingerprint density at radius 3 is 2.32 bits per heavy atom. The lowest BCUT2D eigenvalue weighted by atomic mass is 10.1. The highest BCUT2D eigenvalue weighted by Gasteiger charge is 2.12. The van der Waals surface area contributed by atoms with Crippen LogP contribution in [0, 0.1) is 0 Å². The number of para-hydroxylation sites is 1. The van der Waals surface area contributed by atoms with Crippen molar-refractivity contribution in [2.45, 2.75) is 39.8 Å². The zero-order chi connectivity index (χ0) is 28.8. The number of carbonyl (C=O) groups excluding carboxylic acids is 1. The summed E-state index contributed by atoms with van der Waals surface area (Å²) in [4.78, 5) is 22.5. The number of nitrogens with zero attached hydrogens (tertiary/aromatic N) is 4. The molecular formula is C33H35N7O. The molecule has 8 nitrogen and oxygen atoms in total. The van der Waals surface area contributed by atoms with Gasteiger partial charge in [-0.05, 0) is 73.5 Å². The Bertz CT molecular complexity index is 1830. The average molecular weight is 546 g/mol. The lowest BCUT2D eigenvalue weighted by molar-refractivity contribution is 0.102. The number of benzene rings is 3. The third kappa shape index (κ3) is 6.38. The fourth-order valence-electron chi connectivity index (χ4n) is 4.77. The molecule has 0 fully saturated rings. The smallest absolute Gasteiger partial charge is 0.257 e. The number of pyridine rings is 2. The predicted octanol–water partition coefficient (Wildman–Crippen LogP) is 6.14. The van der Waals surface area contributed by atoms with Crippen LogP contribution < -0.4 is 27.5 Å². The van der Waals surface area contributed by atoms with Crippen LogP contribution in [0.25, 0.3) is 10.9 Å². The molecule has 5 N–H and O–H groups in total. The minimum absolute atomic E-state index is 0.326. The molecule has 8 heteroatoms. The number of hydrogen-bond donors (Lipinski definition) is 3. The summed E-state index contributed by atoms with van der Waals surface area (Å²) in [5.41, 5.74) is 16.7. The summed E-state index contributed by atoms with van der Waals surface area (Å²) in [6, 6.07) is 24.6. The van der Waals surface area contributed by atoms with Gasteiger partial charge in [0.25, 0.3) is 5.91 Å². The average Bonchev–Trinajstić information content (AvgIpc) is 2.97. The Morgan fingerprint density at radius 1 is 0.805 bits per heavy atom. The molecule has 0 unspecified atom stereocenters. The molecule has 0 spiro atoms. The first-order chi connectivity index (χ1) is 19.9. The molecule has 1 amide bonds. The second-order valence-electron chi connectivity index (χ2n) is 9.93. The van der Waals surface area contributed by atoms with Crippen LogP contribution >= 0.6 is 0 Å². The number of anilines is 3. The van der Waals surface area contributed by atoms with Crippen LogP contribution in [0.1, 0.15) is 37.0 Å². The topological polar surface area (TPSA) is 116 Å². The van der Waals surface area contributed by atoms with E-state index in [1.54, 1.807) is 36.4 Å². The van der Waals surface area contributed by atoms with E-state index in [2.05, 4.69) is 51.6 Å². The van der Waals surface area contributed by atoms with Crippen LogP contribution in [0.15, 0.2) is 107 Å². The van der Waals surface area contributed by atoms with Crippen molar-refractivity contribution in [1.82, 2.24) is 9.13 Å². The quantitative estimate of drug-likeness (QED) is 0.203. The Kier molecular flexibility index (Phi) is 8.29. The molecule has 0 aliphatic carbocycles. The van der Waals surface area contributed by atoms with Gasteiger partial charge in [0.15, 0.2) is 0 Å². The maximum absolute atomic E-state index is 13.1. The number of nitrogens with two attached hydrogens (primary N) is 2. The lowest BCUT2D eigenvalue weighted by Gasteiger charge is -2.11. The highest BCUT2D eigenvalue weighted by molar-refractivity contribution is 6.08. The second kappa shape index (κ2) is 12.4. The summed E-state index contributed by atoms with van der Waals surface area (Å²) in [6.45, 7) is 6.20. The van der Waals surface area contributed by atoms with Gasteiger partial charge >= 0.3 is 0 Å². The van der Waals surface area contributed by atoms with Gasteiger partial charge in [-0.1, -0.05) is 32.0 Å². The van der Waals surface area contributed by atoms with Crippen LogP contribution in [0.2, 0.25) is 0 Å². The van der Waals surface area contributed by atoms with Gasteiger partial charge in [-0.3, -0.25) is 4.79 Å². The largest absolute Gasteiger partial charge is 0.398 e. The number of nitrogen functional groups attached to an aromatic ring is 2. The van der Waals surface area contributed by atoms with Crippen molar-refractivity contribution in [1.29, 1.82) is 0 Å². The maximum atomic E-state index is 13.1.